The van der Waals surface area contributed by atoms with Crippen LogP contribution in [-0.4, -0.2) is 5.78 Å². The lowest BCUT2D eigenvalue weighted by atomic mass is 10.0. The van der Waals surface area contributed by atoms with Gasteiger partial charge in [0.1, 0.15) is 0 Å². The molecule has 0 aliphatic rings. The van der Waals surface area contributed by atoms with Gasteiger partial charge in [-0.2, -0.15) is 0 Å². The highest BCUT2D eigenvalue weighted by Crippen LogP contribution is 2.24. The van der Waals surface area contributed by atoms with E-state index in [1.165, 1.54) is 0 Å². The molecule has 0 aliphatic heterocycles. The summed E-state index contributed by atoms with van der Waals surface area (Å²) in [5.74, 6) is 0.0103. The Morgan fingerprint density at radius 2 is 1.89 bits per heavy atom. The van der Waals surface area contributed by atoms with Crippen LogP contribution in [0.5, 0.6) is 0 Å². The minimum atomic E-state index is 0.0103. The van der Waals surface area contributed by atoms with Crippen LogP contribution in [0.15, 0.2) is 40.9 Å². The normalized spacial score (nSPS) is 10.5. The third kappa shape index (κ3) is 3.94. The molecule has 2 aromatic rings. The molecule has 0 saturated carbocycles. The number of rotatable bonds is 3. The molecule has 98 valence electrons. The van der Waals surface area contributed by atoms with Crippen molar-refractivity contribution in [3.8, 4) is 0 Å². The van der Waals surface area contributed by atoms with Gasteiger partial charge in [-0.05, 0) is 58.5 Å². The quantitative estimate of drug-likeness (QED) is 0.411. The number of hydrogen-bond acceptors (Lipinski definition) is 1. The monoisotopic (exact) mass is 468 g/mol. The molecule has 0 saturated heterocycles. The van der Waals surface area contributed by atoms with E-state index in [1.807, 2.05) is 18.2 Å². The van der Waals surface area contributed by atoms with Gasteiger partial charge in [0, 0.05) is 30.1 Å². The van der Waals surface area contributed by atoms with Crippen LogP contribution in [-0.2, 0) is 6.42 Å². The first-order chi connectivity index (χ1) is 8.97. The highest BCUT2D eigenvalue weighted by atomic mass is 127. The smallest absolute Gasteiger partial charge is 0.168 e. The molecule has 0 unspecified atom stereocenters. The predicted molar refractivity (Wildman–Crippen MR) is 91.4 cm³/mol. The zero-order chi connectivity index (χ0) is 14.0. The van der Waals surface area contributed by atoms with Gasteiger partial charge < -0.3 is 0 Å². The Hall–Kier alpha value is -0.100. The molecule has 0 heterocycles. The summed E-state index contributed by atoms with van der Waals surface area (Å²) >= 11 is 17.5. The van der Waals surface area contributed by atoms with Crippen molar-refractivity contribution in [3.63, 3.8) is 0 Å². The van der Waals surface area contributed by atoms with E-state index in [-0.39, 0.29) is 12.2 Å². The second-order valence-electron chi connectivity index (χ2n) is 3.96. The van der Waals surface area contributed by atoms with E-state index in [9.17, 15) is 4.79 Å². The number of halogens is 4. The van der Waals surface area contributed by atoms with Gasteiger partial charge in [0.25, 0.3) is 0 Å². The lowest BCUT2D eigenvalue weighted by Crippen LogP contribution is -2.06. The van der Waals surface area contributed by atoms with E-state index >= 15 is 0 Å². The third-order valence-corrected chi connectivity index (χ3v) is 4.62. The van der Waals surface area contributed by atoms with Crippen molar-refractivity contribution in [1.82, 2.24) is 0 Å². The largest absolute Gasteiger partial charge is 0.294 e. The standard InChI is InChI=1S/C14H8BrCl2IO/c15-9-2-1-8(12(17)6-9)5-14(19)11-7-10(16)3-4-13(11)18/h1-4,6-7H,5H2. The van der Waals surface area contributed by atoms with Gasteiger partial charge in [0.15, 0.2) is 5.78 Å². The van der Waals surface area contributed by atoms with E-state index < -0.39 is 0 Å². The summed E-state index contributed by atoms with van der Waals surface area (Å²) < 4.78 is 1.78. The molecular weight excluding hydrogens is 462 g/mol. The topological polar surface area (TPSA) is 17.1 Å². The third-order valence-electron chi connectivity index (χ3n) is 2.59. The molecule has 1 nitrogen and oxygen atoms in total. The summed E-state index contributed by atoms with van der Waals surface area (Å²) in [6.07, 6.45) is 0.266. The molecule has 0 aliphatic carbocycles. The average molecular weight is 470 g/mol. The Morgan fingerprint density at radius 3 is 2.58 bits per heavy atom. The van der Waals surface area contributed by atoms with Gasteiger partial charge in [-0.25, -0.2) is 0 Å². The van der Waals surface area contributed by atoms with Gasteiger partial charge in [-0.15, -0.1) is 0 Å². The number of Topliss-reactive ketones (excluding diaryl/α,β-unsaturated/α-hetero) is 1. The van der Waals surface area contributed by atoms with Crippen LogP contribution < -0.4 is 0 Å². The van der Waals surface area contributed by atoms with Gasteiger partial charge >= 0.3 is 0 Å². The van der Waals surface area contributed by atoms with Gasteiger partial charge in [-0.3, -0.25) is 4.79 Å². The van der Waals surface area contributed by atoms with Crippen molar-refractivity contribution in [2.24, 2.45) is 0 Å². The van der Waals surface area contributed by atoms with Crippen LogP contribution in [0.3, 0.4) is 0 Å². The van der Waals surface area contributed by atoms with E-state index in [1.54, 1.807) is 18.2 Å². The zero-order valence-corrected chi connectivity index (χ0v) is 14.8. The summed E-state index contributed by atoms with van der Waals surface area (Å²) in [4.78, 5) is 12.3. The first-order valence-corrected chi connectivity index (χ1v) is 8.02. The molecule has 5 heteroatoms. The van der Waals surface area contributed by atoms with Crippen molar-refractivity contribution in [2.75, 3.05) is 0 Å². The van der Waals surface area contributed by atoms with E-state index in [0.717, 1.165) is 13.6 Å². The highest BCUT2D eigenvalue weighted by Gasteiger charge is 2.13. The van der Waals surface area contributed by atoms with Gasteiger partial charge in [-0.1, -0.05) is 45.2 Å². The number of ketones is 1. The Morgan fingerprint density at radius 1 is 1.16 bits per heavy atom. The van der Waals surface area contributed by atoms with E-state index in [0.29, 0.717) is 15.6 Å². The summed E-state index contributed by atoms with van der Waals surface area (Å²) in [5, 5.41) is 1.14. The Kier molecular flexibility index (Phi) is 5.29. The molecule has 2 aromatic carbocycles. The lowest BCUT2D eigenvalue weighted by Gasteiger charge is -2.07. The average Bonchev–Trinajstić information content (AvgIpc) is 2.35. The molecule has 0 spiro atoms. The summed E-state index contributed by atoms with van der Waals surface area (Å²) in [6.45, 7) is 0. The van der Waals surface area contributed by atoms with E-state index in [4.69, 9.17) is 23.2 Å². The zero-order valence-electron chi connectivity index (χ0n) is 9.59. The Labute approximate surface area is 143 Å². The first kappa shape index (κ1) is 15.3. The van der Waals surface area contributed by atoms with Crippen LogP contribution in [0.25, 0.3) is 0 Å². The fraction of sp³-hybridized carbons (Fsp3) is 0.0714. The van der Waals surface area contributed by atoms with Crippen molar-refractivity contribution in [2.45, 2.75) is 6.42 Å². The first-order valence-electron chi connectivity index (χ1n) is 5.39. The van der Waals surface area contributed by atoms with Crippen molar-refractivity contribution in [3.05, 3.63) is 65.6 Å². The maximum absolute atomic E-state index is 12.3. The maximum atomic E-state index is 12.3. The van der Waals surface area contributed by atoms with Crippen molar-refractivity contribution < 1.29 is 4.79 Å². The molecule has 2 rings (SSSR count). The molecule has 0 fully saturated rings. The van der Waals surface area contributed by atoms with Crippen molar-refractivity contribution >= 4 is 67.5 Å². The fourth-order valence-corrected chi connectivity index (χ4v) is 3.19. The molecule has 0 aromatic heterocycles. The minimum Gasteiger partial charge on any atom is -0.294 e. The molecule has 0 radical (unpaired) electrons. The molecule has 0 atom stereocenters. The highest BCUT2D eigenvalue weighted by molar-refractivity contribution is 14.1. The Balaban J connectivity index is 2.28. The molecule has 0 amide bonds. The number of benzene rings is 2. The summed E-state index contributed by atoms with van der Waals surface area (Å²) in [5.41, 5.74) is 1.44. The number of carbonyl (C=O) groups is 1. The van der Waals surface area contributed by atoms with E-state index in [2.05, 4.69) is 38.5 Å². The van der Waals surface area contributed by atoms with Crippen LogP contribution in [0, 0.1) is 3.57 Å². The van der Waals surface area contributed by atoms with Crippen molar-refractivity contribution in [1.29, 1.82) is 0 Å². The number of carbonyl (C=O) groups excluding carboxylic acids is 1. The minimum absolute atomic E-state index is 0.0103. The second kappa shape index (κ2) is 6.57. The van der Waals surface area contributed by atoms with Crippen LogP contribution >= 0.6 is 61.7 Å². The summed E-state index contributed by atoms with van der Waals surface area (Å²) in [6, 6.07) is 10.8. The summed E-state index contributed by atoms with van der Waals surface area (Å²) in [7, 11) is 0. The molecule has 19 heavy (non-hydrogen) atoms. The SMILES string of the molecule is O=C(Cc1ccc(Br)cc1Cl)c1cc(Cl)ccc1I. The molecule has 0 N–H and O–H groups in total. The second-order valence-corrected chi connectivity index (χ2v) is 6.88. The number of hydrogen-bond donors (Lipinski definition) is 0. The molecular formula is C14H8BrCl2IO. The Bertz CT molecular complexity index is 643. The van der Waals surface area contributed by atoms with Gasteiger partial charge in [0.05, 0.1) is 0 Å². The van der Waals surface area contributed by atoms with Gasteiger partial charge in [0.2, 0.25) is 0 Å². The maximum Gasteiger partial charge on any atom is 0.168 e. The van der Waals surface area contributed by atoms with Crippen LogP contribution in [0.1, 0.15) is 15.9 Å². The lowest BCUT2D eigenvalue weighted by molar-refractivity contribution is 0.0992. The predicted octanol–water partition coefficient (Wildman–Crippen LogP) is 5.79. The molecule has 0 bridgehead atoms. The fourth-order valence-electron chi connectivity index (χ4n) is 1.64. The van der Waals surface area contributed by atoms with Crippen LogP contribution in [0.4, 0.5) is 0 Å². The van der Waals surface area contributed by atoms with Crippen LogP contribution in [0.2, 0.25) is 10.0 Å².